The number of amides is 3. The molecule has 2 rings (SSSR count). The van der Waals surface area contributed by atoms with Crippen LogP contribution in [-0.2, 0) is 0 Å². The molecular weight excluding hydrogens is 319 g/mol. The number of carbonyl (C=O) groups is 2. The molecule has 0 aliphatic carbocycles. The predicted molar refractivity (Wildman–Crippen MR) is 87.1 cm³/mol. The van der Waals surface area contributed by atoms with Crippen molar-refractivity contribution in [2.45, 2.75) is 12.8 Å². The van der Waals surface area contributed by atoms with E-state index in [1.807, 2.05) is 12.3 Å². The third-order valence-corrected chi connectivity index (χ3v) is 4.27. The van der Waals surface area contributed by atoms with Crippen molar-refractivity contribution in [3.05, 3.63) is 46.2 Å². The number of likely N-dealkylation sites (N-methyl/N-ethyl adjacent to an activating group) is 1. The molecule has 0 aliphatic rings. The monoisotopic (exact) mass is 336 g/mol. The Labute approximate surface area is 137 Å². The molecule has 0 saturated carbocycles. The number of halogens is 1. The maximum absolute atomic E-state index is 13.9. The number of urea groups is 1. The minimum atomic E-state index is -0.726. The Morgan fingerprint density at radius 2 is 2.22 bits per heavy atom. The average Bonchev–Trinajstić information content (AvgIpc) is 3.03. The summed E-state index contributed by atoms with van der Waals surface area (Å²) in [6.45, 7) is 2.41. The van der Waals surface area contributed by atoms with E-state index in [-0.39, 0.29) is 17.2 Å². The van der Waals surface area contributed by atoms with Gasteiger partial charge in [0.1, 0.15) is 5.82 Å². The number of anilines is 1. The van der Waals surface area contributed by atoms with Crippen LogP contribution in [-0.4, -0.2) is 35.4 Å². The number of benzene rings is 1. The number of hydrogen-bond donors (Lipinski definition) is 2. The molecule has 0 fully saturated rings. The summed E-state index contributed by atoms with van der Waals surface area (Å²) in [7, 11) is 1.62. The number of rotatable bonds is 5. The Balaban J connectivity index is 1.99. The molecule has 3 N–H and O–H groups in total. The van der Waals surface area contributed by atoms with Crippen LogP contribution in [0.3, 0.4) is 0 Å². The lowest BCUT2D eigenvalue weighted by atomic mass is 10.2. The molecule has 3 amide bonds. The van der Waals surface area contributed by atoms with E-state index in [9.17, 15) is 14.0 Å². The number of thiazole rings is 1. The molecule has 0 aliphatic heterocycles. The van der Waals surface area contributed by atoms with Crippen molar-refractivity contribution in [2.24, 2.45) is 5.73 Å². The largest absolute Gasteiger partial charge is 0.366 e. The van der Waals surface area contributed by atoms with E-state index in [4.69, 9.17) is 5.73 Å². The van der Waals surface area contributed by atoms with Crippen LogP contribution in [0.2, 0.25) is 0 Å². The molecular formula is C15H17FN4O2S. The first kappa shape index (κ1) is 16.9. The number of aromatic nitrogens is 1. The van der Waals surface area contributed by atoms with Crippen LogP contribution >= 0.6 is 11.3 Å². The van der Waals surface area contributed by atoms with E-state index in [2.05, 4.69) is 10.3 Å². The van der Waals surface area contributed by atoms with E-state index in [1.165, 1.54) is 28.4 Å². The first-order valence-corrected chi connectivity index (χ1v) is 7.77. The Morgan fingerprint density at radius 3 is 2.78 bits per heavy atom. The van der Waals surface area contributed by atoms with Crippen molar-refractivity contribution in [2.75, 3.05) is 18.9 Å². The molecule has 0 bridgehead atoms. The average molecular weight is 336 g/mol. The third kappa shape index (κ3) is 4.26. The normalized spacial score (nSPS) is 11.8. The topological polar surface area (TPSA) is 88.3 Å². The van der Waals surface area contributed by atoms with E-state index in [1.54, 1.807) is 13.2 Å². The molecule has 1 aromatic carbocycles. The maximum Gasteiger partial charge on any atom is 0.321 e. The smallest absolute Gasteiger partial charge is 0.321 e. The zero-order chi connectivity index (χ0) is 17.0. The minimum absolute atomic E-state index is 0.00579. The molecule has 2 aromatic rings. The van der Waals surface area contributed by atoms with Crippen LogP contribution in [0.15, 0.2) is 29.8 Å². The van der Waals surface area contributed by atoms with Gasteiger partial charge >= 0.3 is 6.03 Å². The van der Waals surface area contributed by atoms with Gasteiger partial charge in [0.2, 0.25) is 5.91 Å². The summed E-state index contributed by atoms with van der Waals surface area (Å²) in [6.07, 6.45) is 1.71. The first-order valence-electron chi connectivity index (χ1n) is 6.89. The van der Waals surface area contributed by atoms with Crippen LogP contribution in [0.1, 0.15) is 28.2 Å². The van der Waals surface area contributed by atoms with Crippen LogP contribution in [0.4, 0.5) is 14.9 Å². The van der Waals surface area contributed by atoms with Gasteiger partial charge in [-0.2, -0.15) is 0 Å². The maximum atomic E-state index is 13.9. The van der Waals surface area contributed by atoms with Gasteiger partial charge in [0.05, 0.1) is 10.7 Å². The summed E-state index contributed by atoms with van der Waals surface area (Å²) >= 11 is 1.52. The second-order valence-electron chi connectivity index (χ2n) is 5.14. The van der Waals surface area contributed by atoms with Gasteiger partial charge in [-0.25, -0.2) is 14.2 Å². The molecule has 0 saturated heterocycles. The van der Waals surface area contributed by atoms with E-state index in [0.717, 1.165) is 11.1 Å². The Kier molecular flexibility index (Phi) is 5.28. The molecule has 6 nitrogen and oxygen atoms in total. The van der Waals surface area contributed by atoms with E-state index < -0.39 is 17.8 Å². The molecule has 23 heavy (non-hydrogen) atoms. The quantitative estimate of drug-likeness (QED) is 0.880. The van der Waals surface area contributed by atoms with Gasteiger partial charge < -0.3 is 16.0 Å². The number of hydrogen-bond acceptors (Lipinski definition) is 4. The Morgan fingerprint density at radius 1 is 1.48 bits per heavy atom. The fourth-order valence-corrected chi connectivity index (χ4v) is 2.72. The highest BCUT2D eigenvalue weighted by Crippen LogP contribution is 2.20. The van der Waals surface area contributed by atoms with Crippen molar-refractivity contribution < 1.29 is 14.0 Å². The number of nitrogens with one attached hydrogen (secondary N) is 1. The van der Waals surface area contributed by atoms with Gasteiger partial charge in [0.15, 0.2) is 0 Å². The van der Waals surface area contributed by atoms with Gasteiger partial charge in [0, 0.05) is 36.7 Å². The lowest BCUT2D eigenvalue weighted by Crippen LogP contribution is -2.34. The lowest BCUT2D eigenvalue weighted by Gasteiger charge is -2.21. The second-order valence-corrected chi connectivity index (χ2v) is 6.07. The SMILES string of the molecule is C[C@@H](CN(C)C(=O)Nc1ccc(C(N)=O)cc1F)c1nccs1. The highest BCUT2D eigenvalue weighted by Gasteiger charge is 2.17. The lowest BCUT2D eigenvalue weighted by molar-refractivity contribution is 0.1000. The summed E-state index contributed by atoms with van der Waals surface area (Å²) in [6, 6.07) is 3.22. The fraction of sp³-hybridized carbons (Fsp3) is 0.267. The van der Waals surface area contributed by atoms with Gasteiger partial charge in [-0.3, -0.25) is 4.79 Å². The van der Waals surface area contributed by atoms with Crippen molar-refractivity contribution in [1.29, 1.82) is 0 Å². The number of primary amides is 1. The highest BCUT2D eigenvalue weighted by molar-refractivity contribution is 7.09. The number of carbonyl (C=O) groups excluding carboxylic acids is 2. The number of nitrogens with zero attached hydrogens (tertiary/aromatic N) is 2. The van der Waals surface area contributed by atoms with Crippen molar-refractivity contribution in [3.8, 4) is 0 Å². The zero-order valence-electron chi connectivity index (χ0n) is 12.7. The predicted octanol–water partition coefficient (Wildman–Crippen LogP) is 2.65. The molecule has 1 aromatic heterocycles. The molecule has 0 radical (unpaired) electrons. The van der Waals surface area contributed by atoms with Crippen molar-refractivity contribution in [3.63, 3.8) is 0 Å². The zero-order valence-corrected chi connectivity index (χ0v) is 13.6. The summed E-state index contributed by atoms with van der Waals surface area (Å²) in [5, 5.41) is 5.28. The summed E-state index contributed by atoms with van der Waals surface area (Å²) < 4.78 is 13.9. The summed E-state index contributed by atoms with van der Waals surface area (Å²) in [4.78, 5) is 28.8. The number of nitrogens with two attached hydrogens (primary N) is 1. The van der Waals surface area contributed by atoms with Crippen LogP contribution in [0, 0.1) is 5.82 Å². The fourth-order valence-electron chi connectivity index (χ4n) is 2.03. The van der Waals surface area contributed by atoms with Crippen LogP contribution in [0.25, 0.3) is 0 Å². The minimum Gasteiger partial charge on any atom is -0.366 e. The van der Waals surface area contributed by atoms with Crippen molar-refractivity contribution in [1.82, 2.24) is 9.88 Å². The van der Waals surface area contributed by atoms with Crippen LogP contribution < -0.4 is 11.1 Å². The molecule has 1 heterocycles. The molecule has 1 atom stereocenters. The van der Waals surface area contributed by atoms with Gasteiger partial charge in [-0.05, 0) is 18.2 Å². The molecule has 122 valence electrons. The van der Waals surface area contributed by atoms with Gasteiger partial charge in [-0.15, -0.1) is 11.3 Å². The van der Waals surface area contributed by atoms with Crippen LogP contribution in [0.5, 0.6) is 0 Å². The first-order chi connectivity index (χ1) is 10.9. The molecule has 0 spiro atoms. The molecule has 0 unspecified atom stereocenters. The standard InChI is InChI=1S/C15H17FN4O2S/c1-9(14-18-5-6-23-14)8-20(2)15(22)19-12-4-3-10(13(17)21)7-11(12)16/h3-7,9H,8H2,1-2H3,(H2,17,21)(H,19,22)/t9-/m0/s1. The van der Waals surface area contributed by atoms with Crippen molar-refractivity contribution >= 4 is 29.0 Å². The van der Waals surface area contributed by atoms with E-state index >= 15 is 0 Å². The summed E-state index contributed by atoms with van der Waals surface area (Å²) in [5.74, 6) is -1.36. The summed E-state index contributed by atoms with van der Waals surface area (Å²) in [5.41, 5.74) is 5.12. The second kappa shape index (κ2) is 7.19. The molecule has 8 heteroatoms. The Hall–Kier alpha value is -2.48. The third-order valence-electron chi connectivity index (χ3n) is 3.26. The van der Waals surface area contributed by atoms with Gasteiger partial charge in [0.25, 0.3) is 0 Å². The highest BCUT2D eigenvalue weighted by atomic mass is 32.1. The van der Waals surface area contributed by atoms with Gasteiger partial charge in [-0.1, -0.05) is 6.92 Å². The Bertz CT molecular complexity index is 706. The van der Waals surface area contributed by atoms with E-state index in [0.29, 0.717) is 6.54 Å².